The summed E-state index contributed by atoms with van der Waals surface area (Å²) in [6.07, 6.45) is 5.00. The molecule has 4 rings (SSSR count). The van der Waals surface area contributed by atoms with Gasteiger partial charge in [-0.1, -0.05) is 0 Å². The molecule has 0 radical (unpaired) electrons. The van der Waals surface area contributed by atoms with E-state index < -0.39 is 17.6 Å². The maximum atomic E-state index is 12.9. The zero-order chi connectivity index (χ0) is 24.3. The lowest BCUT2D eigenvalue weighted by Crippen LogP contribution is -2.24. The van der Waals surface area contributed by atoms with Crippen LogP contribution in [0.4, 0.5) is 31.7 Å². The maximum Gasteiger partial charge on any atom is 0.487 e. The molecular formula is C23H22ClF2N5O3. The van der Waals surface area contributed by atoms with Gasteiger partial charge in [0.15, 0.2) is 5.82 Å². The quantitative estimate of drug-likeness (QED) is 0.419. The van der Waals surface area contributed by atoms with Crippen molar-refractivity contribution in [1.82, 2.24) is 9.97 Å². The number of nitrogens with zero attached hydrogens (tertiary/aromatic N) is 3. The van der Waals surface area contributed by atoms with Crippen molar-refractivity contribution < 1.29 is 23.4 Å². The highest BCUT2D eigenvalue weighted by molar-refractivity contribution is 6.20. The third-order valence-electron chi connectivity index (χ3n) is 5.25. The summed E-state index contributed by atoms with van der Waals surface area (Å²) in [6, 6.07) is 8.90. The standard InChI is InChI=1S/C23H22ClF2N5O3/c1-14-6-8-27-12-20(14)30-19-10-15(11-28-21(19)31-9-7-17(32)13-31)22(33)29-16-2-4-18(5-3-16)34-23(24,25)26/h2-6,8,10-12,17,30,32H,7,9,13H2,1H3,(H,29,33)/t17-/m1/s1. The molecule has 1 fully saturated rings. The van der Waals surface area contributed by atoms with Crippen molar-refractivity contribution in [3.63, 3.8) is 0 Å². The van der Waals surface area contributed by atoms with E-state index in [-0.39, 0.29) is 11.3 Å². The van der Waals surface area contributed by atoms with E-state index in [2.05, 4.69) is 25.3 Å². The maximum absolute atomic E-state index is 12.9. The highest BCUT2D eigenvalue weighted by atomic mass is 35.5. The number of aryl methyl sites for hydroxylation is 1. The third kappa shape index (κ3) is 5.89. The molecule has 0 unspecified atom stereocenters. The minimum absolute atomic E-state index is 0.143. The van der Waals surface area contributed by atoms with Crippen LogP contribution < -0.4 is 20.3 Å². The molecule has 3 N–H and O–H groups in total. The summed E-state index contributed by atoms with van der Waals surface area (Å²) in [5, 5.41) is 15.9. The minimum Gasteiger partial charge on any atom is -0.420 e. The number of hydrogen-bond acceptors (Lipinski definition) is 7. The molecule has 2 aromatic heterocycles. The number of rotatable bonds is 7. The number of alkyl halides is 3. The topological polar surface area (TPSA) is 99.6 Å². The van der Waals surface area contributed by atoms with Gasteiger partial charge in [0, 0.05) is 42.8 Å². The number of carbonyl (C=O) groups is 1. The summed E-state index contributed by atoms with van der Waals surface area (Å²) >= 11 is 4.76. The molecule has 1 aliphatic rings. The van der Waals surface area contributed by atoms with Crippen LogP contribution in [0, 0.1) is 6.92 Å². The van der Waals surface area contributed by atoms with Gasteiger partial charge in [-0.05, 0) is 55.3 Å². The zero-order valence-corrected chi connectivity index (χ0v) is 18.9. The Bertz CT molecular complexity index is 1170. The molecule has 1 saturated heterocycles. The number of ether oxygens (including phenoxy) is 1. The van der Waals surface area contributed by atoms with Gasteiger partial charge in [-0.2, -0.15) is 0 Å². The van der Waals surface area contributed by atoms with Crippen LogP contribution in [-0.4, -0.2) is 45.7 Å². The smallest absolute Gasteiger partial charge is 0.420 e. The summed E-state index contributed by atoms with van der Waals surface area (Å²) in [6.45, 7) is 3.01. The number of aliphatic hydroxyl groups excluding tert-OH is 1. The van der Waals surface area contributed by atoms with E-state index in [9.17, 15) is 18.7 Å². The molecule has 34 heavy (non-hydrogen) atoms. The van der Waals surface area contributed by atoms with Crippen LogP contribution in [0.1, 0.15) is 22.3 Å². The monoisotopic (exact) mass is 489 g/mol. The number of β-amino-alcohol motifs (C(OH)–C–C–N with tert-alkyl or cyclic N) is 1. The van der Waals surface area contributed by atoms with Crippen molar-refractivity contribution >= 4 is 40.4 Å². The molecule has 0 spiro atoms. The Morgan fingerprint density at radius 3 is 2.65 bits per heavy atom. The second-order valence-corrected chi connectivity index (χ2v) is 8.27. The number of aromatic nitrogens is 2. The van der Waals surface area contributed by atoms with Crippen molar-refractivity contribution in [3.8, 4) is 5.75 Å². The van der Waals surface area contributed by atoms with Crippen molar-refractivity contribution in [2.24, 2.45) is 0 Å². The number of benzene rings is 1. The summed E-state index contributed by atoms with van der Waals surface area (Å²) < 4.78 is 29.8. The SMILES string of the molecule is Cc1ccncc1Nc1cc(C(=O)Nc2ccc(OC(F)(F)Cl)cc2)cnc1N1CC[C@@H](O)C1. The van der Waals surface area contributed by atoms with Crippen molar-refractivity contribution in [2.75, 3.05) is 28.6 Å². The number of aliphatic hydroxyl groups is 1. The predicted molar refractivity (Wildman–Crippen MR) is 125 cm³/mol. The van der Waals surface area contributed by atoms with Gasteiger partial charge < -0.3 is 25.4 Å². The molecule has 1 atom stereocenters. The average molecular weight is 490 g/mol. The predicted octanol–water partition coefficient (Wildman–Crippen LogP) is 4.52. The molecule has 1 aliphatic heterocycles. The third-order valence-corrected chi connectivity index (χ3v) is 5.32. The minimum atomic E-state index is -3.82. The van der Waals surface area contributed by atoms with E-state index in [0.717, 1.165) is 11.3 Å². The Kier molecular flexibility index (Phi) is 6.80. The highest BCUT2D eigenvalue weighted by Crippen LogP contribution is 2.31. The molecule has 0 saturated carbocycles. The second-order valence-electron chi connectivity index (χ2n) is 7.83. The van der Waals surface area contributed by atoms with E-state index in [1.165, 1.54) is 30.5 Å². The van der Waals surface area contributed by atoms with Crippen molar-refractivity contribution in [3.05, 3.63) is 66.1 Å². The number of amides is 1. The van der Waals surface area contributed by atoms with E-state index in [4.69, 9.17) is 11.6 Å². The lowest BCUT2D eigenvalue weighted by molar-refractivity contribution is -0.0964. The van der Waals surface area contributed by atoms with Crippen molar-refractivity contribution in [1.29, 1.82) is 0 Å². The first-order valence-corrected chi connectivity index (χ1v) is 10.8. The average Bonchev–Trinajstić information content (AvgIpc) is 3.21. The van der Waals surface area contributed by atoms with Gasteiger partial charge in [0.1, 0.15) is 5.75 Å². The lowest BCUT2D eigenvalue weighted by atomic mass is 10.2. The van der Waals surface area contributed by atoms with Crippen LogP contribution in [0.25, 0.3) is 0 Å². The molecule has 8 nitrogen and oxygen atoms in total. The lowest BCUT2D eigenvalue weighted by Gasteiger charge is -2.22. The Morgan fingerprint density at radius 2 is 2.00 bits per heavy atom. The normalized spacial score (nSPS) is 15.8. The number of nitrogens with one attached hydrogen (secondary N) is 2. The number of hydrogen-bond donors (Lipinski definition) is 3. The van der Waals surface area contributed by atoms with Gasteiger partial charge in [0.05, 0.1) is 29.2 Å². The van der Waals surface area contributed by atoms with E-state index >= 15 is 0 Å². The largest absolute Gasteiger partial charge is 0.487 e. The summed E-state index contributed by atoms with van der Waals surface area (Å²) in [4.78, 5) is 23.5. The van der Waals surface area contributed by atoms with Crippen LogP contribution in [0.15, 0.2) is 55.0 Å². The van der Waals surface area contributed by atoms with E-state index in [1.54, 1.807) is 18.5 Å². The molecule has 0 aliphatic carbocycles. The number of anilines is 4. The molecule has 11 heteroatoms. The van der Waals surface area contributed by atoms with Gasteiger partial charge in [-0.25, -0.2) is 4.98 Å². The summed E-state index contributed by atoms with van der Waals surface area (Å²) in [5.41, 5.74) is -0.859. The Labute approximate surface area is 199 Å². The Hall–Kier alpha value is -3.50. The zero-order valence-electron chi connectivity index (χ0n) is 18.1. The van der Waals surface area contributed by atoms with Gasteiger partial charge in [0.25, 0.3) is 5.91 Å². The molecule has 3 heterocycles. The second kappa shape index (κ2) is 9.78. The van der Waals surface area contributed by atoms with Crippen LogP contribution in [0.5, 0.6) is 5.75 Å². The number of carbonyl (C=O) groups excluding carboxylic acids is 1. The van der Waals surface area contributed by atoms with E-state index in [1.807, 2.05) is 17.9 Å². The first-order valence-electron chi connectivity index (χ1n) is 10.5. The Balaban J connectivity index is 1.56. The number of halogens is 3. The molecular weight excluding hydrogens is 468 g/mol. The molecule has 1 amide bonds. The Morgan fingerprint density at radius 1 is 1.24 bits per heavy atom. The van der Waals surface area contributed by atoms with Gasteiger partial charge >= 0.3 is 5.57 Å². The van der Waals surface area contributed by atoms with Crippen LogP contribution >= 0.6 is 11.6 Å². The van der Waals surface area contributed by atoms with Crippen molar-refractivity contribution in [2.45, 2.75) is 25.0 Å². The molecule has 0 bridgehead atoms. The fraction of sp³-hybridized carbons (Fsp3) is 0.261. The fourth-order valence-corrected chi connectivity index (χ4v) is 3.63. The van der Waals surface area contributed by atoms with Gasteiger partial charge in [-0.15, -0.1) is 8.78 Å². The molecule has 178 valence electrons. The molecule has 1 aromatic carbocycles. The van der Waals surface area contributed by atoms with Crippen LogP contribution in [-0.2, 0) is 0 Å². The summed E-state index contributed by atoms with van der Waals surface area (Å²) in [5.74, 6) is 0.0258. The van der Waals surface area contributed by atoms with Crippen LogP contribution in [0.3, 0.4) is 0 Å². The highest BCUT2D eigenvalue weighted by Gasteiger charge is 2.27. The molecule has 3 aromatic rings. The van der Waals surface area contributed by atoms with Gasteiger partial charge in [-0.3, -0.25) is 9.78 Å². The summed E-state index contributed by atoms with van der Waals surface area (Å²) in [7, 11) is 0. The first-order chi connectivity index (χ1) is 16.2. The van der Waals surface area contributed by atoms with Gasteiger partial charge in [0.2, 0.25) is 0 Å². The van der Waals surface area contributed by atoms with E-state index in [0.29, 0.717) is 36.7 Å². The first kappa shape index (κ1) is 23.7. The fourth-order valence-electron chi connectivity index (χ4n) is 3.54. The van der Waals surface area contributed by atoms with Crippen LogP contribution in [0.2, 0.25) is 0 Å². The number of pyridine rings is 2.